The number of carboxylic acids is 1. The monoisotopic (exact) mass is 500 g/mol. The van der Waals surface area contributed by atoms with Crippen molar-refractivity contribution >= 4 is 52.2 Å². The number of hydrogen-bond donors (Lipinski definition) is 3. The summed E-state index contributed by atoms with van der Waals surface area (Å²) >= 11 is 1.34. The van der Waals surface area contributed by atoms with Crippen LogP contribution in [0.1, 0.15) is 5.82 Å². The Hall–Kier alpha value is -4.40. The van der Waals surface area contributed by atoms with Crippen LogP contribution in [0.2, 0.25) is 0 Å². The van der Waals surface area contributed by atoms with Gasteiger partial charge in [-0.3, -0.25) is 14.5 Å². The Morgan fingerprint density at radius 3 is 3.00 bits per heavy atom. The third kappa shape index (κ3) is 3.95. The number of aromatic nitrogens is 3. The number of hydrogen-bond acceptors (Lipinski definition) is 11. The van der Waals surface area contributed by atoms with Gasteiger partial charge in [-0.05, 0) is 6.07 Å². The number of nitrogen functional groups attached to an aromatic ring is 1. The molecule has 0 radical (unpaired) electrons. The summed E-state index contributed by atoms with van der Waals surface area (Å²) in [4.78, 5) is 47.4. The lowest BCUT2D eigenvalue weighted by atomic mass is 10.0. The molecule has 15 heteroatoms. The number of rotatable bonds is 7. The Morgan fingerprint density at radius 1 is 1.46 bits per heavy atom. The van der Waals surface area contributed by atoms with Gasteiger partial charge in [0.25, 0.3) is 11.8 Å². The third-order valence-corrected chi connectivity index (χ3v) is 6.76. The van der Waals surface area contributed by atoms with E-state index in [-0.39, 0.29) is 29.8 Å². The van der Waals surface area contributed by atoms with Crippen LogP contribution in [0.25, 0.3) is 11.0 Å². The van der Waals surface area contributed by atoms with E-state index in [1.54, 1.807) is 17.0 Å². The zero-order valence-corrected chi connectivity index (χ0v) is 18.9. The Bertz CT molecular complexity index is 1410. The molecule has 0 spiro atoms. The molecular weight excluding hydrogens is 482 g/mol. The first kappa shape index (κ1) is 22.4. The summed E-state index contributed by atoms with van der Waals surface area (Å²) in [6.45, 7) is 0.253. The Kier molecular flexibility index (Phi) is 5.60. The van der Waals surface area contributed by atoms with Crippen molar-refractivity contribution in [2.45, 2.75) is 18.0 Å². The van der Waals surface area contributed by atoms with E-state index in [0.29, 0.717) is 16.9 Å². The van der Waals surface area contributed by atoms with Gasteiger partial charge < -0.3 is 29.9 Å². The zero-order valence-electron chi connectivity index (χ0n) is 18.1. The van der Waals surface area contributed by atoms with E-state index < -0.39 is 29.2 Å². The molecular formula is C20H18N7O7S+. The number of nitrogens with two attached hydrogens (primary N) is 1. The van der Waals surface area contributed by atoms with Crippen LogP contribution < -0.4 is 15.6 Å². The molecule has 35 heavy (non-hydrogen) atoms. The van der Waals surface area contributed by atoms with Crippen LogP contribution in [-0.4, -0.2) is 67.9 Å². The summed E-state index contributed by atoms with van der Waals surface area (Å²) < 4.78 is 11.9. The molecule has 1 unspecified atom stereocenters. The summed E-state index contributed by atoms with van der Waals surface area (Å²) in [5.41, 5.74) is 6.15. The van der Waals surface area contributed by atoms with Gasteiger partial charge in [-0.15, -0.1) is 11.8 Å². The number of furan rings is 1. The molecule has 3 aromatic rings. The molecule has 14 nitrogen and oxygen atoms in total. The van der Waals surface area contributed by atoms with E-state index in [1.165, 1.54) is 23.8 Å². The predicted molar refractivity (Wildman–Crippen MR) is 118 cm³/mol. The summed E-state index contributed by atoms with van der Waals surface area (Å²) in [7, 11) is 1.22. The SMILES string of the molecule is CO/N=C(\C(=O)NC1C(=O)N2C(C(=O)O)=C(C[n+]3ccc4ccoc4c3)CS[C@H]12)c1noc(N)n1. The fourth-order valence-corrected chi connectivity index (χ4v) is 5.22. The molecule has 2 amide bonds. The van der Waals surface area contributed by atoms with Crippen molar-refractivity contribution in [2.24, 2.45) is 5.16 Å². The van der Waals surface area contributed by atoms with E-state index in [9.17, 15) is 19.5 Å². The molecule has 2 aliphatic rings. The standard InChI is InChI=1S/C20H17N7O7S/c1-32-24-12(15-23-20(21)34-25-15)16(28)22-13-17(29)27-14(19(30)31)10(8-35-18(13)27)6-26-4-2-9-3-5-33-11(9)7-26/h2-5,7,13,18H,6,8H2,1H3,(H3-,21,22,23,25,28,30,31)/p+1/b24-12-/t13?,18-/m1/s1. The number of carboxylic acid groups (broad SMARTS) is 1. The molecule has 4 N–H and O–H groups in total. The second kappa shape index (κ2) is 8.75. The number of aliphatic carboxylic acids is 1. The highest BCUT2D eigenvalue weighted by Crippen LogP contribution is 2.40. The van der Waals surface area contributed by atoms with Crippen LogP contribution in [0, 0.1) is 0 Å². The Labute approximate surface area is 200 Å². The molecule has 3 aromatic heterocycles. The van der Waals surface area contributed by atoms with E-state index in [2.05, 4.69) is 30.0 Å². The van der Waals surface area contributed by atoms with Gasteiger partial charge in [0.1, 0.15) is 24.2 Å². The number of nitrogens with one attached hydrogen (secondary N) is 1. The van der Waals surface area contributed by atoms with Crippen LogP contribution in [0.5, 0.6) is 0 Å². The average molecular weight is 500 g/mol. The minimum atomic E-state index is -1.23. The molecule has 5 heterocycles. The van der Waals surface area contributed by atoms with Gasteiger partial charge in [0.15, 0.2) is 18.3 Å². The summed E-state index contributed by atoms with van der Waals surface area (Å²) in [5, 5.41) is 19.9. The van der Waals surface area contributed by atoms with Crippen LogP contribution in [0.15, 0.2) is 56.2 Å². The molecule has 0 aliphatic carbocycles. The first-order valence-corrected chi connectivity index (χ1v) is 11.2. The summed E-state index contributed by atoms with van der Waals surface area (Å²) in [5.74, 6) is -2.49. The van der Waals surface area contributed by atoms with Crippen molar-refractivity contribution in [3.05, 3.63) is 47.9 Å². The lowest BCUT2D eigenvalue weighted by Gasteiger charge is -2.49. The van der Waals surface area contributed by atoms with Gasteiger partial charge in [0, 0.05) is 22.8 Å². The maximum absolute atomic E-state index is 12.9. The van der Waals surface area contributed by atoms with E-state index >= 15 is 0 Å². The topological polar surface area (TPSA) is 190 Å². The fourth-order valence-electron chi connectivity index (χ4n) is 3.88. The number of pyridine rings is 1. The smallest absolute Gasteiger partial charge is 0.352 e. The van der Waals surface area contributed by atoms with Crippen molar-refractivity contribution in [3.63, 3.8) is 0 Å². The van der Waals surface area contributed by atoms with Crippen LogP contribution in [0.4, 0.5) is 6.01 Å². The molecule has 0 aromatic carbocycles. The largest absolute Gasteiger partial charge is 0.477 e. The van der Waals surface area contributed by atoms with E-state index in [1.807, 2.05) is 18.3 Å². The van der Waals surface area contributed by atoms with Crippen LogP contribution in [-0.2, 0) is 25.8 Å². The maximum Gasteiger partial charge on any atom is 0.352 e. The number of anilines is 1. The number of β-lactam (4-membered cyclic amide) rings is 1. The zero-order chi connectivity index (χ0) is 24.7. The molecule has 1 fully saturated rings. The molecule has 180 valence electrons. The second-order valence-electron chi connectivity index (χ2n) is 7.55. The molecule has 1 saturated heterocycles. The van der Waals surface area contributed by atoms with E-state index in [0.717, 1.165) is 5.39 Å². The normalized spacial score (nSPS) is 20.0. The highest BCUT2D eigenvalue weighted by Gasteiger charge is 2.55. The van der Waals surface area contributed by atoms with Crippen molar-refractivity contribution in [3.8, 4) is 0 Å². The van der Waals surface area contributed by atoms with Gasteiger partial charge in [0.2, 0.25) is 17.7 Å². The Balaban J connectivity index is 1.36. The molecule has 2 aliphatic heterocycles. The summed E-state index contributed by atoms with van der Waals surface area (Å²) in [6.07, 6.45) is 5.14. The number of amides is 2. The van der Waals surface area contributed by atoms with Gasteiger partial charge in [-0.1, -0.05) is 10.3 Å². The number of carbonyl (C=O) groups excluding carboxylic acids is 2. The van der Waals surface area contributed by atoms with Crippen LogP contribution >= 0.6 is 11.8 Å². The van der Waals surface area contributed by atoms with Crippen molar-refractivity contribution in [1.29, 1.82) is 0 Å². The molecule has 2 atom stereocenters. The Morgan fingerprint density at radius 2 is 2.29 bits per heavy atom. The quantitative estimate of drug-likeness (QED) is 0.164. The van der Waals surface area contributed by atoms with Gasteiger partial charge >= 0.3 is 12.0 Å². The van der Waals surface area contributed by atoms with Crippen molar-refractivity contribution in [2.75, 3.05) is 18.6 Å². The number of oxime groups is 1. The third-order valence-electron chi connectivity index (χ3n) is 5.42. The minimum absolute atomic E-state index is 0.104. The van der Waals surface area contributed by atoms with Gasteiger partial charge in [-0.2, -0.15) is 9.55 Å². The molecule has 5 rings (SSSR count). The average Bonchev–Trinajstić information content (AvgIpc) is 3.48. The number of thioether (sulfide) groups is 1. The number of nitrogens with zero attached hydrogens (tertiary/aromatic N) is 5. The number of carbonyl (C=O) groups is 3. The second-order valence-corrected chi connectivity index (χ2v) is 8.66. The molecule has 0 saturated carbocycles. The lowest BCUT2D eigenvalue weighted by Crippen LogP contribution is -2.71. The lowest BCUT2D eigenvalue weighted by molar-refractivity contribution is -0.688. The van der Waals surface area contributed by atoms with Crippen LogP contribution in [0.3, 0.4) is 0 Å². The highest BCUT2D eigenvalue weighted by atomic mass is 32.2. The predicted octanol–water partition coefficient (Wildman–Crippen LogP) is -0.525. The minimum Gasteiger partial charge on any atom is -0.477 e. The van der Waals surface area contributed by atoms with Gasteiger partial charge in [0.05, 0.1) is 6.26 Å². The fraction of sp³-hybridized carbons (Fsp3) is 0.250. The first-order chi connectivity index (χ1) is 16.9. The van der Waals surface area contributed by atoms with E-state index in [4.69, 9.17) is 10.2 Å². The maximum atomic E-state index is 12.9. The molecule has 0 bridgehead atoms. The van der Waals surface area contributed by atoms with Gasteiger partial charge in [-0.25, -0.2) is 4.79 Å². The highest BCUT2D eigenvalue weighted by molar-refractivity contribution is 8.00. The first-order valence-electron chi connectivity index (χ1n) is 10.1. The summed E-state index contributed by atoms with van der Waals surface area (Å²) in [6, 6.07) is 2.42. The van der Waals surface area contributed by atoms with Crippen molar-refractivity contribution in [1.82, 2.24) is 20.4 Å². The van der Waals surface area contributed by atoms with Crippen molar-refractivity contribution < 1.29 is 37.8 Å². The number of fused-ring (bicyclic) bond motifs is 2.